The van der Waals surface area contributed by atoms with Crippen LogP contribution in [0.25, 0.3) is 0 Å². The van der Waals surface area contributed by atoms with E-state index in [1.807, 2.05) is 32.9 Å². The van der Waals surface area contributed by atoms with Gasteiger partial charge in [-0.2, -0.15) is 0 Å². The van der Waals surface area contributed by atoms with E-state index in [4.69, 9.17) is 4.42 Å². The quantitative estimate of drug-likeness (QED) is 0.777. The number of aryl methyl sites for hydroxylation is 3. The van der Waals surface area contributed by atoms with E-state index in [-0.39, 0.29) is 5.78 Å². The van der Waals surface area contributed by atoms with E-state index in [0.29, 0.717) is 10.2 Å². The number of rotatable bonds is 2. The van der Waals surface area contributed by atoms with Crippen LogP contribution >= 0.6 is 15.9 Å². The van der Waals surface area contributed by atoms with Gasteiger partial charge in [0.1, 0.15) is 0 Å². The van der Waals surface area contributed by atoms with Gasteiger partial charge < -0.3 is 4.42 Å². The first kappa shape index (κ1) is 12.1. The molecule has 2 nitrogen and oxygen atoms in total. The second kappa shape index (κ2) is 4.49. The maximum absolute atomic E-state index is 12.3. The zero-order valence-corrected chi connectivity index (χ0v) is 11.6. The SMILES string of the molecule is Cc1cc(C)c(C(=O)c2ccoc2Br)cc1C. The van der Waals surface area contributed by atoms with Gasteiger partial charge in [-0.05, 0) is 65.5 Å². The Labute approximate surface area is 109 Å². The molecule has 0 N–H and O–H groups in total. The van der Waals surface area contributed by atoms with Gasteiger partial charge >= 0.3 is 0 Å². The largest absolute Gasteiger partial charge is 0.457 e. The first-order valence-electron chi connectivity index (χ1n) is 5.36. The van der Waals surface area contributed by atoms with Crippen molar-refractivity contribution in [2.24, 2.45) is 0 Å². The van der Waals surface area contributed by atoms with E-state index in [1.54, 1.807) is 6.07 Å². The highest BCUT2D eigenvalue weighted by Crippen LogP contribution is 2.24. The number of carbonyl (C=O) groups is 1. The molecular formula is C14H13BrO2. The number of halogens is 1. The molecule has 0 saturated heterocycles. The summed E-state index contributed by atoms with van der Waals surface area (Å²) in [5.41, 5.74) is 4.61. The van der Waals surface area contributed by atoms with Crippen LogP contribution in [-0.2, 0) is 0 Å². The second-order valence-corrected chi connectivity index (χ2v) is 4.91. The number of carbonyl (C=O) groups excluding carboxylic acids is 1. The predicted octanol–water partition coefficient (Wildman–Crippen LogP) is 4.20. The fourth-order valence-electron chi connectivity index (χ4n) is 1.81. The molecule has 1 aromatic heterocycles. The molecule has 0 atom stereocenters. The summed E-state index contributed by atoms with van der Waals surface area (Å²) in [6.07, 6.45) is 1.51. The molecule has 0 spiro atoms. The molecule has 1 heterocycles. The number of hydrogen-bond donors (Lipinski definition) is 0. The molecule has 3 heteroatoms. The van der Waals surface area contributed by atoms with Crippen LogP contribution in [0.15, 0.2) is 33.5 Å². The van der Waals surface area contributed by atoms with Gasteiger partial charge in [0.15, 0.2) is 10.5 Å². The van der Waals surface area contributed by atoms with Crippen molar-refractivity contribution in [3.8, 4) is 0 Å². The Morgan fingerprint density at radius 3 is 2.29 bits per heavy atom. The van der Waals surface area contributed by atoms with Gasteiger partial charge in [0.25, 0.3) is 0 Å². The van der Waals surface area contributed by atoms with E-state index in [0.717, 1.165) is 16.7 Å². The molecule has 17 heavy (non-hydrogen) atoms. The van der Waals surface area contributed by atoms with Crippen LogP contribution in [0.1, 0.15) is 32.6 Å². The number of benzene rings is 1. The summed E-state index contributed by atoms with van der Waals surface area (Å²) in [5, 5.41) is 0. The number of furan rings is 1. The normalized spacial score (nSPS) is 10.6. The van der Waals surface area contributed by atoms with Gasteiger partial charge in [0.2, 0.25) is 0 Å². The first-order valence-corrected chi connectivity index (χ1v) is 6.15. The van der Waals surface area contributed by atoms with Gasteiger partial charge in [-0.15, -0.1) is 0 Å². The van der Waals surface area contributed by atoms with Crippen molar-refractivity contribution in [3.05, 3.63) is 56.9 Å². The fourth-order valence-corrected chi connectivity index (χ4v) is 2.23. The third kappa shape index (κ3) is 2.20. The minimum Gasteiger partial charge on any atom is -0.457 e. The lowest BCUT2D eigenvalue weighted by Gasteiger charge is -2.08. The fraction of sp³-hybridized carbons (Fsp3) is 0.214. The summed E-state index contributed by atoms with van der Waals surface area (Å²) in [6.45, 7) is 6.01. The van der Waals surface area contributed by atoms with Crippen molar-refractivity contribution in [2.75, 3.05) is 0 Å². The molecular weight excluding hydrogens is 280 g/mol. The third-order valence-electron chi connectivity index (χ3n) is 2.95. The average molecular weight is 293 g/mol. The van der Waals surface area contributed by atoms with E-state index < -0.39 is 0 Å². The van der Waals surface area contributed by atoms with Gasteiger partial charge in [0, 0.05) is 5.56 Å². The average Bonchev–Trinajstić information content (AvgIpc) is 2.69. The van der Waals surface area contributed by atoms with E-state index in [2.05, 4.69) is 15.9 Å². The lowest BCUT2D eigenvalue weighted by Crippen LogP contribution is -2.04. The summed E-state index contributed by atoms with van der Waals surface area (Å²) in [5.74, 6) is -0.00812. The van der Waals surface area contributed by atoms with Crippen LogP contribution in [0.2, 0.25) is 0 Å². The van der Waals surface area contributed by atoms with E-state index in [9.17, 15) is 4.79 Å². The number of ketones is 1. The Kier molecular flexibility index (Phi) is 3.20. The molecule has 0 saturated carbocycles. The van der Waals surface area contributed by atoms with Crippen LogP contribution in [0.5, 0.6) is 0 Å². The summed E-state index contributed by atoms with van der Waals surface area (Å²) in [7, 11) is 0. The molecule has 88 valence electrons. The highest BCUT2D eigenvalue weighted by Gasteiger charge is 2.17. The maximum Gasteiger partial charge on any atom is 0.197 e. The summed E-state index contributed by atoms with van der Waals surface area (Å²) in [6, 6.07) is 5.66. The predicted molar refractivity (Wildman–Crippen MR) is 70.5 cm³/mol. The number of hydrogen-bond acceptors (Lipinski definition) is 2. The smallest absolute Gasteiger partial charge is 0.197 e. The molecule has 0 aliphatic carbocycles. The van der Waals surface area contributed by atoms with Gasteiger partial charge in [-0.1, -0.05) is 6.07 Å². The third-order valence-corrected chi connectivity index (χ3v) is 3.56. The Morgan fingerprint density at radius 1 is 1.06 bits per heavy atom. The summed E-state index contributed by atoms with van der Waals surface area (Å²) in [4.78, 5) is 12.3. The Morgan fingerprint density at radius 2 is 1.71 bits per heavy atom. The molecule has 0 aliphatic heterocycles. The monoisotopic (exact) mass is 292 g/mol. The standard InChI is InChI=1S/C14H13BrO2/c1-8-6-10(3)12(7-9(8)2)13(16)11-4-5-17-14(11)15/h4-7H,1-3H3. The van der Waals surface area contributed by atoms with Gasteiger partial charge in [-0.3, -0.25) is 4.79 Å². The topological polar surface area (TPSA) is 30.2 Å². The molecule has 0 fully saturated rings. The van der Waals surface area contributed by atoms with Crippen molar-refractivity contribution in [3.63, 3.8) is 0 Å². The van der Waals surface area contributed by atoms with E-state index >= 15 is 0 Å². The van der Waals surface area contributed by atoms with Gasteiger partial charge in [0.05, 0.1) is 11.8 Å². The Hall–Kier alpha value is -1.35. The lowest BCUT2D eigenvalue weighted by atomic mass is 9.96. The maximum atomic E-state index is 12.3. The van der Waals surface area contributed by atoms with Crippen LogP contribution in [0.4, 0.5) is 0 Å². The second-order valence-electron chi connectivity index (χ2n) is 4.19. The molecule has 0 bridgehead atoms. The Bertz CT molecular complexity index is 582. The molecule has 1 aromatic carbocycles. The minimum atomic E-state index is -0.00812. The van der Waals surface area contributed by atoms with E-state index in [1.165, 1.54) is 11.8 Å². The van der Waals surface area contributed by atoms with Crippen LogP contribution in [0.3, 0.4) is 0 Å². The lowest BCUT2D eigenvalue weighted by molar-refractivity contribution is 0.103. The Balaban J connectivity index is 2.52. The molecule has 0 radical (unpaired) electrons. The highest BCUT2D eigenvalue weighted by molar-refractivity contribution is 9.10. The van der Waals surface area contributed by atoms with Crippen molar-refractivity contribution in [2.45, 2.75) is 20.8 Å². The van der Waals surface area contributed by atoms with Crippen molar-refractivity contribution < 1.29 is 9.21 Å². The zero-order valence-electron chi connectivity index (χ0n) is 10.0. The first-order chi connectivity index (χ1) is 8.00. The molecule has 2 rings (SSSR count). The van der Waals surface area contributed by atoms with Crippen molar-refractivity contribution in [1.29, 1.82) is 0 Å². The van der Waals surface area contributed by atoms with Crippen LogP contribution < -0.4 is 0 Å². The van der Waals surface area contributed by atoms with Crippen molar-refractivity contribution in [1.82, 2.24) is 0 Å². The molecule has 0 amide bonds. The summed E-state index contributed by atoms with van der Waals surface area (Å²) >= 11 is 3.23. The van der Waals surface area contributed by atoms with Crippen LogP contribution in [0, 0.1) is 20.8 Å². The molecule has 2 aromatic rings. The van der Waals surface area contributed by atoms with Gasteiger partial charge in [-0.25, -0.2) is 0 Å². The molecule has 0 aliphatic rings. The minimum absolute atomic E-state index is 0.00812. The molecule has 0 unspecified atom stereocenters. The van der Waals surface area contributed by atoms with Crippen LogP contribution in [-0.4, -0.2) is 5.78 Å². The zero-order chi connectivity index (χ0) is 12.6. The highest BCUT2D eigenvalue weighted by atomic mass is 79.9. The van der Waals surface area contributed by atoms with Crippen molar-refractivity contribution >= 4 is 21.7 Å². The summed E-state index contributed by atoms with van der Waals surface area (Å²) < 4.78 is 5.58.